The van der Waals surface area contributed by atoms with E-state index in [1.165, 1.54) is 5.56 Å². The molecule has 0 saturated heterocycles. The first kappa shape index (κ1) is 27.2. The summed E-state index contributed by atoms with van der Waals surface area (Å²) in [5.41, 5.74) is 3.94. The average molecular weight is 488 g/mol. The standard InChI is InChI=1S/C26H34ClN3O4/c1-9-17(2)15-32-25(31)34-16-33-24(23-22(27)18(3)29-30(23)8)21(14-28-7)19-10-12-20(13-11-19)26(4,5)6/h9-14,17H,1,15-16H2,2-8H3/b24-21-,28-14-. The molecule has 0 aliphatic heterocycles. The molecule has 1 aromatic heterocycles. The summed E-state index contributed by atoms with van der Waals surface area (Å²) in [5.74, 6) is 0.401. The molecule has 0 bridgehead atoms. The van der Waals surface area contributed by atoms with E-state index in [9.17, 15) is 4.79 Å². The third-order valence-electron chi connectivity index (χ3n) is 5.18. The van der Waals surface area contributed by atoms with Gasteiger partial charge in [0, 0.05) is 31.8 Å². The number of ether oxygens (including phenoxy) is 3. The normalized spacial score (nSPS) is 13.4. The van der Waals surface area contributed by atoms with Crippen molar-refractivity contribution in [3.63, 3.8) is 0 Å². The summed E-state index contributed by atoms with van der Waals surface area (Å²) in [6.45, 7) is 13.6. The SMILES string of the molecule is C=CC(C)COC(=O)OCO/C(=C(/C=N\C)c1ccc(C(C)(C)C)cc1)c1c(Cl)c(C)nn1C. The minimum absolute atomic E-state index is 0.0142. The molecular formula is C26H34ClN3O4. The molecule has 0 fully saturated rings. The molecule has 0 spiro atoms. The predicted molar refractivity (Wildman–Crippen MR) is 137 cm³/mol. The summed E-state index contributed by atoms with van der Waals surface area (Å²) >= 11 is 6.58. The Bertz CT molecular complexity index is 1060. The lowest BCUT2D eigenvalue weighted by Crippen LogP contribution is -2.15. The summed E-state index contributed by atoms with van der Waals surface area (Å²) in [5, 5.41) is 4.84. The Balaban J connectivity index is 2.45. The van der Waals surface area contributed by atoms with E-state index in [1.807, 2.05) is 26.0 Å². The molecule has 2 aromatic rings. The van der Waals surface area contributed by atoms with Gasteiger partial charge in [0.15, 0.2) is 5.76 Å². The third kappa shape index (κ3) is 6.97. The second-order valence-electron chi connectivity index (χ2n) is 9.01. The molecule has 1 unspecified atom stereocenters. The molecular weight excluding hydrogens is 454 g/mol. The Morgan fingerprint density at radius 1 is 1.24 bits per heavy atom. The van der Waals surface area contributed by atoms with E-state index in [-0.39, 0.29) is 24.7 Å². The zero-order valence-electron chi connectivity index (χ0n) is 21.0. The van der Waals surface area contributed by atoms with E-state index < -0.39 is 6.16 Å². The van der Waals surface area contributed by atoms with Gasteiger partial charge < -0.3 is 14.2 Å². The number of halogens is 1. The van der Waals surface area contributed by atoms with Gasteiger partial charge in [-0.2, -0.15) is 5.10 Å². The van der Waals surface area contributed by atoms with Gasteiger partial charge in [0.25, 0.3) is 0 Å². The maximum atomic E-state index is 12.0. The highest BCUT2D eigenvalue weighted by Gasteiger charge is 2.23. The van der Waals surface area contributed by atoms with Gasteiger partial charge in [-0.15, -0.1) is 6.58 Å². The molecule has 0 aliphatic rings. The van der Waals surface area contributed by atoms with Crippen LogP contribution in [0.3, 0.4) is 0 Å². The van der Waals surface area contributed by atoms with E-state index >= 15 is 0 Å². The van der Waals surface area contributed by atoms with E-state index in [2.05, 4.69) is 49.6 Å². The van der Waals surface area contributed by atoms with E-state index in [1.54, 1.807) is 31.1 Å². The first-order chi connectivity index (χ1) is 16.0. The highest BCUT2D eigenvalue weighted by atomic mass is 35.5. The van der Waals surface area contributed by atoms with Gasteiger partial charge in [0.2, 0.25) is 6.79 Å². The lowest BCUT2D eigenvalue weighted by atomic mass is 9.86. The monoisotopic (exact) mass is 487 g/mol. The van der Waals surface area contributed by atoms with Gasteiger partial charge >= 0.3 is 6.16 Å². The van der Waals surface area contributed by atoms with Crippen LogP contribution in [0.4, 0.5) is 4.79 Å². The molecule has 184 valence electrons. The van der Waals surface area contributed by atoms with Crippen LogP contribution < -0.4 is 0 Å². The maximum absolute atomic E-state index is 12.0. The van der Waals surface area contributed by atoms with Crippen LogP contribution in [-0.2, 0) is 26.7 Å². The van der Waals surface area contributed by atoms with Gasteiger partial charge in [-0.1, -0.05) is 69.6 Å². The Morgan fingerprint density at radius 3 is 2.38 bits per heavy atom. The molecule has 0 N–H and O–H groups in total. The third-order valence-corrected chi connectivity index (χ3v) is 5.63. The largest absolute Gasteiger partial charge is 0.511 e. The summed E-state index contributed by atoms with van der Waals surface area (Å²) in [6.07, 6.45) is 2.55. The molecule has 1 heterocycles. The molecule has 0 radical (unpaired) electrons. The van der Waals surface area contributed by atoms with Gasteiger partial charge in [-0.25, -0.2) is 4.79 Å². The first-order valence-corrected chi connectivity index (χ1v) is 11.4. The molecule has 7 nitrogen and oxygen atoms in total. The van der Waals surface area contributed by atoms with Crippen molar-refractivity contribution in [1.82, 2.24) is 9.78 Å². The van der Waals surface area contributed by atoms with Crippen LogP contribution in [0.1, 0.15) is 50.2 Å². The number of allylic oxidation sites excluding steroid dienone is 1. The fourth-order valence-corrected chi connectivity index (χ4v) is 3.39. The van der Waals surface area contributed by atoms with Crippen LogP contribution >= 0.6 is 11.6 Å². The molecule has 2 rings (SSSR count). The van der Waals surface area contributed by atoms with Crippen LogP contribution in [0.25, 0.3) is 11.3 Å². The zero-order chi connectivity index (χ0) is 25.5. The smallest absolute Gasteiger partial charge is 0.454 e. The fourth-order valence-electron chi connectivity index (χ4n) is 3.14. The van der Waals surface area contributed by atoms with Crippen LogP contribution in [0.15, 0.2) is 41.9 Å². The summed E-state index contributed by atoms with van der Waals surface area (Å²) in [4.78, 5) is 16.2. The van der Waals surface area contributed by atoms with Crippen molar-refractivity contribution >= 4 is 35.3 Å². The second kappa shape index (κ2) is 11.9. The molecule has 0 aliphatic carbocycles. The number of aliphatic imine (C=N–C) groups is 1. The number of aryl methyl sites for hydroxylation is 2. The second-order valence-corrected chi connectivity index (χ2v) is 9.39. The average Bonchev–Trinajstić information content (AvgIpc) is 3.04. The van der Waals surface area contributed by atoms with Crippen molar-refractivity contribution in [3.05, 3.63) is 64.5 Å². The molecule has 34 heavy (non-hydrogen) atoms. The minimum atomic E-state index is -0.833. The first-order valence-electron chi connectivity index (χ1n) is 11.0. The van der Waals surface area contributed by atoms with Gasteiger partial charge in [-0.3, -0.25) is 9.67 Å². The number of carbonyl (C=O) groups is 1. The lowest BCUT2D eigenvalue weighted by Gasteiger charge is -2.20. The van der Waals surface area contributed by atoms with E-state index in [0.29, 0.717) is 27.7 Å². The molecule has 0 saturated carbocycles. The molecule has 0 amide bonds. The van der Waals surface area contributed by atoms with Crippen LogP contribution in [-0.4, -0.2) is 42.6 Å². The van der Waals surface area contributed by atoms with Crippen molar-refractivity contribution in [2.45, 2.75) is 40.0 Å². The van der Waals surface area contributed by atoms with Crippen LogP contribution in [0.2, 0.25) is 5.02 Å². The predicted octanol–water partition coefficient (Wildman–Crippen LogP) is 6.20. The Morgan fingerprint density at radius 2 is 1.88 bits per heavy atom. The van der Waals surface area contributed by atoms with Gasteiger partial charge in [0.1, 0.15) is 12.3 Å². The maximum Gasteiger partial charge on any atom is 0.511 e. The Hall–Kier alpha value is -3.06. The molecule has 1 aromatic carbocycles. The van der Waals surface area contributed by atoms with Crippen molar-refractivity contribution in [2.75, 3.05) is 20.4 Å². The zero-order valence-corrected chi connectivity index (χ0v) is 21.8. The summed E-state index contributed by atoms with van der Waals surface area (Å²) < 4.78 is 17.8. The van der Waals surface area contributed by atoms with Crippen molar-refractivity contribution in [3.8, 4) is 0 Å². The van der Waals surface area contributed by atoms with Gasteiger partial charge in [-0.05, 0) is 23.5 Å². The highest BCUT2D eigenvalue weighted by Crippen LogP contribution is 2.33. The molecule has 8 heteroatoms. The van der Waals surface area contributed by atoms with Crippen molar-refractivity contribution in [1.29, 1.82) is 0 Å². The topological polar surface area (TPSA) is 74.9 Å². The quantitative estimate of drug-likeness (QED) is 0.138. The number of hydrogen-bond donors (Lipinski definition) is 0. The number of aromatic nitrogens is 2. The number of carbonyl (C=O) groups excluding carboxylic acids is 1. The highest BCUT2D eigenvalue weighted by molar-refractivity contribution is 6.33. The Labute approximate surface area is 207 Å². The Kier molecular flexibility index (Phi) is 9.50. The fraction of sp³-hybridized carbons (Fsp3) is 0.423. The molecule has 1 atom stereocenters. The number of hydrogen-bond acceptors (Lipinski definition) is 6. The van der Waals surface area contributed by atoms with Crippen molar-refractivity contribution < 1.29 is 19.0 Å². The van der Waals surface area contributed by atoms with Gasteiger partial charge in [0.05, 0.1) is 10.7 Å². The van der Waals surface area contributed by atoms with Crippen LogP contribution in [0.5, 0.6) is 0 Å². The van der Waals surface area contributed by atoms with Crippen LogP contribution in [0, 0.1) is 12.8 Å². The number of nitrogens with zero attached hydrogens (tertiary/aromatic N) is 3. The van der Waals surface area contributed by atoms with Crippen molar-refractivity contribution in [2.24, 2.45) is 18.0 Å². The lowest BCUT2D eigenvalue weighted by molar-refractivity contribution is -0.00830. The summed E-state index contributed by atoms with van der Waals surface area (Å²) in [6, 6.07) is 8.15. The van der Waals surface area contributed by atoms with E-state index in [4.69, 9.17) is 25.8 Å². The minimum Gasteiger partial charge on any atom is -0.454 e. The number of benzene rings is 1. The summed E-state index contributed by atoms with van der Waals surface area (Å²) in [7, 11) is 3.44. The number of rotatable bonds is 9. The van der Waals surface area contributed by atoms with E-state index in [0.717, 1.165) is 5.56 Å².